The van der Waals surface area contributed by atoms with Crippen LogP contribution in [0.4, 0.5) is 5.82 Å². The van der Waals surface area contributed by atoms with Crippen molar-refractivity contribution < 1.29 is 14.9 Å². The highest BCUT2D eigenvalue weighted by Crippen LogP contribution is 2.58. The number of nitrogen functional groups attached to an aromatic ring is 1. The Kier molecular flexibility index (Phi) is 9.54. The van der Waals surface area contributed by atoms with Crippen LogP contribution >= 0.6 is 0 Å². The second-order valence-electron chi connectivity index (χ2n) is 13.0. The number of aromatic nitrogens is 2. The third-order valence-electron chi connectivity index (χ3n) is 9.84. The van der Waals surface area contributed by atoms with Crippen LogP contribution in [0.1, 0.15) is 95.7 Å². The predicted octanol–water partition coefficient (Wildman–Crippen LogP) is 5.64. The van der Waals surface area contributed by atoms with E-state index in [1.165, 1.54) is 4.57 Å². The Hall–Kier alpha value is -1.01. The molecule has 0 saturated carbocycles. The minimum absolute atomic E-state index is 0.155. The maximum Gasteiger partial charge on any atom is 0.351 e. The number of anilines is 1. The molecule has 2 rings (SSSR count). The molecule has 0 aliphatic carbocycles. The Labute approximate surface area is 220 Å². The number of aliphatic hydroxyl groups is 2. The first-order valence-electron chi connectivity index (χ1n) is 13.8. The molecule has 1 aliphatic rings. The zero-order valence-electron chi connectivity index (χ0n) is 24.7. The van der Waals surface area contributed by atoms with Crippen molar-refractivity contribution in [3.05, 3.63) is 22.7 Å². The number of rotatable bonds is 10. The van der Waals surface area contributed by atoms with E-state index >= 15 is 0 Å². The standard InChI is InChI=1S/C27H53N3O4Si2/c1-16(2)35(17(3)4,18(5)6)25(31)24-27(33,36(19(7)8,20(9)10)21(11)12)15-23(34-24)30-14-13-22(28)29-26(30)32/h13-14,16-21,23-25,31,33H,15H2,1-12H3,(H2,28,29,32)/t23-,24-,25?,27-/m1/s1. The van der Waals surface area contributed by atoms with Crippen molar-refractivity contribution in [3.63, 3.8) is 0 Å². The SMILES string of the molecule is CC(C)[Si](C(C)C)(C(C)C)C(O)[C@H]1O[C@@H](n2ccc(N)nc2=O)C[C@@]1(O)[Si](C(C)C)(C(C)C)C(C)C. The molecule has 1 unspecified atom stereocenters. The molecule has 0 amide bonds. The number of nitrogens with zero attached hydrogens (tertiary/aromatic N) is 2. The van der Waals surface area contributed by atoms with Crippen molar-refractivity contribution >= 4 is 22.0 Å². The lowest BCUT2D eigenvalue weighted by atomic mass is 10.1. The van der Waals surface area contributed by atoms with Crippen molar-refractivity contribution in [3.8, 4) is 0 Å². The van der Waals surface area contributed by atoms with Crippen LogP contribution in [0.15, 0.2) is 17.1 Å². The van der Waals surface area contributed by atoms with Crippen LogP contribution in [-0.2, 0) is 4.74 Å². The Morgan fingerprint density at radius 1 is 0.944 bits per heavy atom. The molecule has 2 heterocycles. The average molecular weight is 540 g/mol. The van der Waals surface area contributed by atoms with E-state index in [0.717, 1.165) is 0 Å². The van der Waals surface area contributed by atoms with Crippen molar-refractivity contribution in [2.24, 2.45) is 0 Å². The summed E-state index contributed by atoms with van der Waals surface area (Å²) >= 11 is 0. The molecule has 9 heteroatoms. The van der Waals surface area contributed by atoms with Crippen molar-refractivity contribution in [2.45, 2.75) is 146 Å². The molecule has 1 aromatic rings. The molecule has 1 aromatic heterocycles. The number of nitrogens with two attached hydrogens (primary N) is 1. The summed E-state index contributed by atoms with van der Waals surface area (Å²) in [7, 11) is -5.05. The summed E-state index contributed by atoms with van der Waals surface area (Å²) in [5, 5.41) is 24.3. The molecule has 1 aliphatic heterocycles. The van der Waals surface area contributed by atoms with Gasteiger partial charge in [-0.15, -0.1) is 0 Å². The van der Waals surface area contributed by atoms with Gasteiger partial charge in [0.15, 0.2) is 0 Å². The van der Waals surface area contributed by atoms with Gasteiger partial charge in [0.1, 0.15) is 26.2 Å². The minimum Gasteiger partial charge on any atom is -0.394 e. The van der Waals surface area contributed by atoms with Gasteiger partial charge in [0.2, 0.25) is 0 Å². The highest BCUT2D eigenvalue weighted by atomic mass is 28.3. The second-order valence-corrected chi connectivity index (χ2v) is 25.2. The van der Waals surface area contributed by atoms with Crippen LogP contribution in [0.3, 0.4) is 0 Å². The monoisotopic (exact) mass is 539 g/mol. The van der Waals surface area contributed by atoms with E-state index in [1.807, 2.05) is 0 Å². The van der Waals surface area contributed by atoms with Gasteiger partial charge in [-0.1, -0.05) is 83.1 Å². The molecule has 208 valence electrons. The van der Waals surface area contributed by atoms with Gasteiger partial charge in [0, 0.05) is 12.6 Å². The Morgan fingerprint density at radius 2 is 1.39 bits per heavy atom. The third kappa shape index (κ3) is 4.57. The van der Waals surface area contributed by atoms with Crippen LogP contribution in [0.2, 0.25) is 33.2 Å². The summed E-state index contributed by atoms with van der Waals surface area (Å²) in [5.74, 6) is 0.155. The maximum atomic E-state index is 13.1. The fourth-order valence-corrected chi connectivity index (χ4v) is 24.4. The van der Waals surface area contributed by atoms with Gasteiger partial charge in [0.05, 0.1) is 19.0 Å². The first-order valence-corrected chi connectivity index (χ1v) is 18.4. The largest absolute Gasteiger partial charge is 0.394 e. The van der Waals surface area contributed by atoms with Crippen LogP contribution in [-0.4, -0.2) is 53.0 Å². The molecule has 1 fully saturated rings. The van der Waals surface area contributed by atoms with E-state index in [-0.39, 0.29) is 45.5 Å². The van der Waals surface area contributed by atoms with E-state index in [4.69, 9.17) is 10.5 Å². The Bertz CT molecular complexity index is 904. The van der Waals surface area contributed by atoms with Crippen LogP contribution in [0.25, 0.3) is 0 Å². The summed E-state index contributed by atoms with van der Waals surface area (Å²) in [4.78, 5) is 16.8. The number of ether oxygens (including phenoxy) is 1. The Balaban J connectivity index is 2.88. The van der Waals surface area contributed by atoms with E-state index in [0.29, 0.717) is 0 Å². The van der Waals surface area contributed by atoms with Gasteiger partial charge in [0.25, 0.3) is 0 Å². The minimum atomic E-state index is -2.60. The summed E-state index contributed by atoms with van der Waals surface area (Å²) in [6.45, 7) is 26.6. The first kappa shape index (κ1) is 31.2. The van der Waals surface area contributed by atoms with Crippen molar-refractivity contribution in [1.29, 1.82) is 0 Å². The number of hydrogen-bond acceptors (Lipinski definition) is 6. The van der Waals surface area contributed by atoms with Crippen molar-refractivity contribution in [1.82, 2.24) is 9.55 Å². The zero-order valence-corrected chi connectivity index (χ0v) is 26.7. The molecular weight excluding hydrogens is 486 g/mol. The molecule has 4 N–H and O–H groups in total. The van der Waals surface area contributed by atoms with Crippen LogP contribution in [0, 0.1) is 0 Å². The molecule has 7 nitrogen and oxygen atoms in total. The fourth-order valence-electron chi connectivity index (χ4n) is 9.07. The molecular formula is C27H53N3O4Si2. The highest BCUT2D eigenvalue weighted by Gasteiger charge is 2.69. The topological polar surface area (TPSA) is 111 Å². The molecule has 0 radical (unpaired) electrons. The predicted molar refractivity (Wildman–Crippen MR) is 154 cm³/mol. The molecule has 36 heavy (non-hydrogen) atoms. The van der Waals surface area contributed by atoms with Gasteiger partial charge in [-0.25, -0.2) is 4.79 Å². The normalized spacial score (nSPS) is 24.8. The summed E-state index contributed by atoms with van der Waals surface area (Å²) in [6.07, 6.45) is 0.382. The molecule has 0 spiro atoms. The quantitative estimate of drug-likeness (QED) is 0.332. The average Bonchev–Trinajstić information content (AvgIpc) is 3.04. The summed E-state index contributed by atoms with van der Waals surface area (Å²) in [5.41, 5.74) is 6.07. The molecule has 1 saturated heterocycles. The molecule has 0 aromatic carbocycles. The highest BCUT2D eigenvalue weighted by molar-refractivity contribution is 6.87. The number of hydrogen-bond donors (Lipinski definition) is 3. The van der Waals surface area contributed by atoms with Crippen LogP contribution in [0.5, 0.6) is 0 Å². The van der Waals surface area contributed by atoms with Gasteiger partial charge >= 0.3 is 5.69 Å². The molecule has 4 atom stereocenters. The lowest BCUT2D eigenvalue weighted by molar-refractivity contribution is -0.0775. The van der Waals surface area contributed by atoms with Crippen molar-refractivity contribution in [2.75, 3.05) is 5.73 Å². The van der Waals surface area contributed by atoms with Crippen LogP contribution < -0.4 is 11.4 Å². The van der Waals surface area contributed by atoms with Gasteiger partial charge in [-0.2, -0.15) is 4.98 Å². The zero-order chi connectivity index (χ0) is 28.0. The fraction of sp³-hybridized carbons (Fsp3) is 0.852. The van der Waals surface area contributed by atoms with E-state index in [1.54, 1.807) is 12.3 Å². The second kappa shape index (κ2) is 11.0. The summed E-state index contributed by atoms with van der Waals surface area (Å²) < 4.78 is 8.15. The molecule has 0 bridgehead atoms. The maximum absolute atomic E-state index is 13.1. The lowest BCUT2D eigenvalue weighted by Crippen LogP contribution is -2.73. The van der Waals surface area contributed by atoms with E-state index < -0.39 is 45.1 Å². The lowest BCUT2D eigenvalue weighted by Gasteiger charge is -2.57. The third-order valence-corrected chi connectivity index (χ3v) is 24.9. The number of aliphatic hydroxyl groups excluding tert-OH is 1. The van der Waals surface area contributed by atoms with Gasteiger partial charge in [-0.05, 0) is 39.3 Å². The smallest absolute Gasteiger partial charge is 0.351 e. The van der Waals surface area contributed by atoms with Gasteiger partial charge < -0.3 is 20.7 Å². The van der Waals surface area contributed by atoms with E-state index in [9.17, 15) is 15.0 Å². The first-order chi connectivity index (χ1) is 16.4. The summed E-state index contributed by atoms with van der Waals surface area (Å²) in [6, 6.07) is 1.58. The van der Waals surface area contributed by atoms with Gasteiger partial charge in [-0.3, -0.25) is 4.57 Å². The van der Waals surface area contributed by atoms with E-state index in [2.05, 4.69) is 88.1 Å². The Morgan fingerprint density at radius 3 is 1.75 bits per heavy atom.